The van der Waals surface area contributed by atoms with Crippen molar-refractivity contribution in [1.29, 1.82) is 0 Å². The minimum atomic E-state index is -0.283. The van der Waals surface area contributed by atoms with Gasteiger partial charge in [0.15, 0.2) is 0 Å². The molecule has 0 unspecified atom stereocenters. The molecule has 0 aliphatic carbocycles. The van der Waals surface area contributed by atoms with E-state index in [0.717, 1.165) is 22.5 Å². The normalized spacial score (nSPS) is 10.6. The van der Waals surface area contributed by atoms with Crippen LogP contribution in [-0.4, -0.2) is 39.6 Å². The summed E-state index contributed by atoms with van der Waals surface area (Å²) in [7, 11) is 0. The van der Waals surface area contributed by atoms with Crippen molar-refractivity contribution < 1.29 is 9.59 Å². The fourth-order valence-corrected chi connectivity index (χ4v) is 3.55. The van der Waals surface area contributed by atoms with Crippen molar-refractivity contribution in [1.82, 2.24) is 14.7 Å². The van der Waals surface area contributed by atoms with Gasteiger partial charge in [0.2, 0.25) is 5.91 Å². The number of aryl methyl sites for hydroxylation is 1. The van der Waals surface area contributed by atoms with E-state index in [4.69, 9.17) is 5.10 Å². The molecular formula is C27H26N4O2. The van der Waals surface area contributed by atoms with Crippen LogP contribution in [0.2, 0.25) is 0 Å². The summed E-state index contributed by atoms with van der Waals surface area (Å²) < 4.78 is 1.71. The lowest BCUT2D eigenvalue weighted by molar-refractivity contribution is -0.116. The molecule has 0 bridgehead atoms. The largest absolute Gasteiger partial charge is 0.330 e. The number of benzene rings is 3. The van der Waals surface area contributed by atoms with E-state index in [2.05, 4.69) is 5.32 Å². The summed E-state index contributed by atoms with van der Waals surface area (Å²) >= 11 is 0. The molecule has 3 aromatic carbocycles. The summed E-state index contributed by atoms with van der Waals surface area (Å²) in [5, 5.41) is 7.66. The molecule has 6 nitrogen and oxygen atoms in total. The molecule has 33 heavy (non-hydrogen) atoms. The average molecular weight is 439 g/mol. The van der Waals surface area contributed by atoms with E-state index >= 15 is 0 Å². The van der Waals surface area contributed by atoms with E-state index in [1.165, 1.54) is 4.90 Å². The van der Waals surface area contributed by atoms with Crippen molar-refractivity contribution in [2.24, 2.45) is 0 Å². The second-order valence-corrected chi connectivity index (χ2v) is 7.76. The van der Waals surface area contributed by atoms with Gasteiger partial charge < -0.3 is 10.2 Å². The maximum absolute atomic E-state index is 13.0. The lowest BCUT2D eigenvalue weighted by Gasteiger charge is -2.20. The highest BCUT2D eigenvalue weighted by molar-refractivity contribution is 5.99. The van der Waals surface area contributed by atoms with Crippen LogP contribution in [0, 0.1) is 6.92 Å². The number of rotatable bonds is 7. The molecule has 0 fully saturated rings. The number of carbonyl (C=O) groups is 2. The lowest BCUT2D eigenvalue weighted by Crippen LogP contribution is -2.38. The second-order valence-electron chi connectivity index (χ2n) is 7.76. The first-order chi connectivity index (χ1) is 16.0. The third kappa shape index (κ3) is 5.18. The zero-order valence-electron chi connectivity index (χ0n) is 18.7. The fraction of sp³-hybridized carbons (Fsp3) is 0.148. The van der Waals surface area contributed by atoms with Crippen molar-refractivity contribution in [2.75, 3.05) is 18.4 Å². The zero-order chi connectivity index (χ0) is 23.2. The molecule has 0 radical (unpaired) electrons. The minimum Gasteiger partial charge on any atom is -0.330 e. The van der Waals surface area contributed by atoms with Gasteiger partial charge in [-0.15, -0.1) is 0 Å². The van der Waals surface area contributed by atoms with Gasteiger partial charge in [0.25, 0.3) is 5.91 Å². The highest BCUT2D eigenvalue weighted by atomic mass is 16.2. The Balaban J connectivity index is 1.57. The van der Waals surface area contributed by atoms with Crippen LogP contribution >= 0.6 is 0 Å². The predicted octanol–water partition coefficient (Wildman–Crippen LogP) is 4.95. The highest BCUT2D eigenvalue weighted by Gasteiger charge is 2.19. The van der Waals surface area contributed by atoms with Crippen LogP contribution in [0.1, 0.15) is 22.8 Å². The number of amides is 2. The molecule has 0 saturated heterocycles. The van der Waals surface area contributed by atoms with Crippen LogP contribution in [0.3, 0.4) is 0 Å². The molecule has 1 heterocycles. The summed E-state index contributed by atoms with van der Waals surface area (Å²) in [6.45, 7) is 4.21. The predicted molar refractivity (Wildman–Crippen MR) is 130 cm³/mol. The molecule has 0 aliphatic heterocycles. The molecule has 1 aromatic heterocycles. The topological polar surface area (TPSA) is 67.2 Å². The molecule has 0 aliphatic rings. The van der Waals surface area contributed by atoms with Gasteiger partial charge in [-0.3, -0.25) is 9.59 Å². The van der Waals surface area contributed by atoms with Crippen LogP contribution < -0.4 is 5.32 Å². The smallest absolute Gasteiger partial charge is 0.254 e. The minimum absolute atomic E-state index is 0.0517. The third-order valence-electron chi connectivity index (χ3n) is 5.35. The summed E-state index contributed by atoms with van der Waals surface area (Å²) in [6.07, 6.45) is 0. The Morgan fingerprint density at radius 2 is 1.55 bits per heavy atom. The number of aromatic nitrogens is 2. The molecule has 0 spiro atoms. The van der Waals surface area contributed by atoms with Gasteiger partial charge in [0, 0.05) is 23.7 Å². The molecule has 4 aromatic rings. The Kier molecular flexibility index (Phi) is 6.64. The number of hydrogen-bond donors (Lipinski definition) is 1. The number of para-hydroxylation sites is 1. The Morgan fingerprint density at radius 1 is 0.909 bits per heavy atom. The zero-order valence-corrected chi connectivity index (χ0v) is 18.7. The van der Waals surface area contributed by atoms with Crippen molar-refractivity contribution >= 4 is 17.6 Å². The number of nitrogens with one attached hydrogen (secondary N) is 1. The van der Waals surface area contributed by atoms with E-state index in [-0.39, 0.29) is 18.4 Å². The van der Waals surface area contributed by atoms with Crippen LogP contribution in [0.25, 0.3) is 16.9 Å². The molecule has 0 atom stereocenters. The van der Waals surface area contributed by atoms with Crippen LogP contribution in [0.15, 0.2) is 91.0 Å². The van der Waals surface area contributed by atoms with E-state index in [1.54, 1.807) is 16.8 Å². The Hall–Kier alpha value is -4.19. The quantitative estimate of drug-likeness (QED) is 0.444. The second kappa shape index (κ2) is 9.96. The highest BCUT2D eigenvalue weighted by Crippen LogP contribution is 2.24. The van der Waals surface area contributed by atoms with Crippen molar-refractivity contribution in [3.8, 4) is 16.9 Å². The first-order valence-corrected chi connectivity index (χ1v) is 10.9. The maximum Gasteiger partial charge on any atom is 0.254 e. The molecule has 0 saturated carbocycles. The van der Waals surface area contributed by atoms with Crippen LogP contribution in [0.5, 0.6) is 0 Å². The van der Waals surface area contributed by atoms with Crippen LogP contribution in [-0.2, 0) is 4.79 Å². The van der Waals surface area contributed by atoms with Crippen molar-refractivity contribution in [3.63, 3.8) is 0 Å². The summed E-state index contributed by atoms with van der Waals surface area (Å²) in [5.41, 5.74) is 4.18. The summed E-state index contributed by atoms with van der Waals surface area (Å²) in [4.78, 5) is 27.4. The van der Waals surface area contributed by atoms with Gasteiger partial charge in [0.1, 0.15) is 12.4 Å². The number of carbonyl (C=O) groups excluding carboxylic acids is 2. The average Bonchev–Trinajstić information content (AvgIpc) is 3.27. The molecular weight excluding hydrogens is 412 g/mol. The van der Waals surface area contributed by atoms with E-state index < -0.39 is 0 Å². The first kappa shape index (κ1) is 22.0. The lowest BCUT2D eigenvalue weighted by atomic mass is 10.1. The van der Waals surface area contributed by atoms with Crippen molar-refractivity contribution in [3.05, 3.63) is 102 Å². The van der Waals surface area contributed by atoms with Gasteiger partial charge in [-0.25, -0.2) is 4.68 Å². The standard InChI is InChI=1S/C27H26N4O2/c1-3-30(27(33)22-16-14-20(2)15-17-22)19-26(32)28-25-18-24(21-10-6-4-7-11-21)29-31(25)23-12-8-5-9-13-23/h4-18H,3,19H2,1-2H3,(H,28,32). The number of anilines is 1. The molecule has 2 amide bonds. The van der Waals surface area contributed by atoms with Crippen LogP contribution in [0.4, 0.5) is 5.82 Å². The molecule has 1 N–H and O–H groups in total. The molecule has 166 valence electrons. The first-order valence-electron chi connectivity index (χ1n) is 10.9. The summed E-state index contributed by atoms with van der Waals surface area (Å²) in [6, 6.07) is 28.6. The van der Waals surface area contributed by atoms with Gasteiger partial charge in [-0.05, 0) is 38.1 Å². The molecule has 4 rings (SSSR count). The Morgan fingerprint density at radius 3 is 2.18 bits per heavy atom. The monoisotopic (exact) mass is 438 g/mol. The number of hydrogen-bond acceptors (Lipinski definition) is 3. The van der Waals surface area contributed by atoms with E-state index in [9.17, 15) is 9.59 Å². The SMILES string of the molecule is CCN(CC(=O)Nc1cc(-c2ccccc2)nn1-c1ccccc1)C(=O)c1ccc(C)cc1. The number of likely N-dealkylation sites (N-methyl/N-ethyl adjacent to an activating group) is 1. The van der Waals surface area contributed by atoms with Gasteiger partial charge >= 0.3 is 0 Å². The van der Waals surface area contributed by atoms with Gasteiger partial charge in [-0.2, -0.15) is 5.10 Å². The Labute approximate surface area is 193 Å². The third-order valence-corrected chi connectivity index (χ3v) is 5.35. The maximum atomic E-state index is 13.0. The molecule has 6 heteroatoms. The van der Waals surface area contributed by atoms with E-state index in [1.807, 2.05) is 92.7 Å². The van der Waals surface area contributed by atoms with Gasteiger partial charge in [0.05, 0.1) is 11.4 Å². The van der Waals surface area contributed by atoms with Crippen molar-refractivity contribution in [2.45, 2.75) is 13.8 Å². The van der Waals surface area contributed by atoms with E-state index in [0.29, 0.717) is 17.9 Å². The number of nitrogens with zero attached hydrogens (tertiary/aromatic N) is 3. The fourth-order valence-electron chi connectivity index (χ4n) is 3.55. The Bertz CT molecular complexity index is 1230. The summed E-state index contributed by atoms with van der Waals surface area (Å²) in [5.74, 6) is 0.0899. The van der Waals surface area contributed by atoms with Gasteiger partial charge in [-0.1, -0.05) is 66.2 Å².